The minimum absolute atomic E-state index is 0.138. The maximum Gasteiger partial charge on any atom is 0.339 e. The molecule has 0 saturated carbocycles. The zero-order chi connectivity index (χ0) is 21.3. The summed E-state index contributed by atoms with van der Waals surface area (Å²) in [6, 6.07) is 14.4. The van der Waals surface area contributed by atoms with Crippen molar-refractivity contribution in [3.63, 3.8) is 0 Å². The normalized spacial score (nSPS) is 17.6. The number of cyclic esters (lactones) is 1. The lowest BCUT2D eigenvalue weighted by Gasteiger charge is -2.32. The van der Waals surface area contributed by atoms with Crippen LogP contribution in [0.4, 0.5) is 10.8 Å². The van der Waals surface area contributed by atoms with Gasteiger partial charge in [-0.2, -0.15) is 0 Å². The number of nitrogens with one attached hydrogen (secondary N) is 2. The van der Waals surface area contributed by atoms with Gasteiger partial charge >= 0.3 is 5.97 Å². The van der Waals surface area contributed by atoms with Gasteiger partial charge < -0.3 is 10.1 Å². The van der Waals surface area contributed by atoms with E-state index in [2.05, 4.69) is 15.6 Å². The SMILES string of the molecule is CC(=O)Nc1ccc(-c2csc(NC(=O)[C@]3(C)Cc4ccccc4C(=O)O3)n2)cc1. The number of hydrogen-bond donors (Lipinski definition) is 2. The molecule has 0 bridgehead atoms. The number of thiazole rings is 1. The van der Waals surface area contributed by atoms with Crippen LogP contribution in [-0.2, 0) is 20.7 Å². The highest BCUT2D eigenvalue weighted by atomic mass is 32.1. The summed E-state index contributed by atoms with van der Waals surface area (Å²) in [7, 11) is 0. The van der Waals surface area contributed by atoms with Crippen LogP contribution in [0.25, 0.3) is 11.3 Å². The number of fused-ring (bicyclic) bond motifs is 1. The van der Waals surface area contributed by atoms with Gasteiger partial charge in [0.15, 0.2) is 10.7 Å². The number of nitrogens with zero attached hydrogens (tertiary/aromatic N) is 1. The summed E-state index contributed by atoms with van der Waals surface area (Å²) in [5.41, 5.74) is 2.21. The zero-order valence-corrected chi connectivity index (χ0v) is 17.2. The Morgan fingerprint density at radius 3 is 2.57 bits per heavy atom. The number of amides is 2. The Balaban J connectivity index is 1.48. The van der Waals surface area contributed by atoms with Crippen LogP contribution >= 0.6 is 11.3 Å². The third-order valence-electron chi connectivity index (χ3n) is 4.79. The third kappa shape index (κ3) is 3.95. The number of hydrogen-bond acceptors (Lipinski definition) is 6. The van der Waals surface area contributed by atoms with E-state index < -0.39 is 17.5 Å². The zero-order valence-electron chi connectivity index (χ0n) is 16.4. The molecule has 3 aromatic rings. The van der Waals surface area contributed by atoms with Crippen LogP contribution in [0.2, 0.25) is 0 Å². The molecule has 152 valence electrons. The van der Waals surface area contributed by atoms with Gasteiger partial charge in [-0.25, -0.2) is 9.78 Å². The number of rotatable bonds is 4. The van der Waals surface area contributed by atoms with Crippen molar-refractivity contribution in [1.29, 1.82) is 0 Å². The van der Waals surface area contributed by atoms with Crippen molar-refractivity contribution in [1.82, 2.24) is 4.98 Å². The molecule has 0 fully saturated rings. The van der Waals surface area contributed by atoms with Crippen LogP contribution in [-0.4, -0.2) is 28.4 Å². The van der Waals surface area contributed by atoms with E-state index in [1.54, 1.807) is 31.2 Å². The first-order valence-electron chi connectivity index (χ1n) is 9.30. The number of benzene rings is 2. The highest BCUT2D eigenvalue weighted by molar-refractivity contribution is 7.14. The van der Waals surface area contributed by atoms with Crippen molar-refractivity contribution in [3.8, 4) is 11.3 Å². The van der Waals surface area contributed by atoms with Crippen molar-refractivity contribution in [2.24, 2.45) is 0 Å². The molecule has 0 aliphatic carbocycles. The van der Waals surface area contributed by atoms with Crippen molar-refractivity contribution in [2.75, 3.05) is 10.6 Å². The first kappa shape index (κ1) is 19.8. The highest BCUT2D eigenvalue weighted by Crippen LogP contribution is 2.31. The lowest BCUT2D eigenvalue weighted by molar-refractivity contribution is -0.134. The summed E-state index contributed by atoms with van der Waals surface area (Å²) >= 11 is 1.28. The molecule has 1 atom stereocenters. The molecule has 1 aliphatic heterocycles. The topological polar surface area (TPSA) is 97.4 Å². The lowest BCUT2D eigenvalue weighted by Crippen LogP contribution is -2.48. The average molecular weight is 421 g/mol. The van der Waals surface area contributed by atoms with Gasteiger partial charge in [0.2, 0.25) is 5.91 Å². The fraction of sp³-hybridized carbons (Fsp3) is 0.182. The molecular weight excluding hydrogens is 402 g/mol. The fourth-order valence-electron chi connectivity index (χ4n) is 3.28. The molecule has 8 heteroatoms. The molecule has 2 heterocycles. The number of ether oxygens (including phenoxy) is 1. The molecule has 1 aromatic heterocycles. The largest absolute Gasteiger partial charge is 0.445 e. The Bertz CT molecular complexity index is 1140. The van der Waals surface area contributed by atoms with Crippen LogP contribution in [0.5, 0.6) is 0 Å². The second-order valence-corrected chi connectivity index (χ2v) is 8.06. The monoisotopic (exact) mass is 421 g/mol. The maximum atomic E-state index is 12.9. The van der Waals surface area contributed by atoms with Gasteiger partial charge in [0.25, 0.3) is 5.91 Å². The van der Waals surface area contributed by atoms with Gasteiger partial charge in [-0.1, -0.05) is 30.3 Å². The number of anilines is 2. The predicted molar refractivity (Wildman–Crippen MR) is 114 cm³/mol. The molecule has 30 heavy (non-hydrogen) atoms. The second-order valence-electron chi connectivity index (χ2n) is 7.20. The summed E-state index contributed by atoms with van der Waals surface area (Å²) < 4.78 is 5.46. The first-order valence-corrected chi connectivity index (χ1v) is 10.2. The predicted octanol–water partition coefficient (Wildman–Crippen LogP) is 3.88. The molecule has 4 rings (SSSR count). The summed E-state index contributed by atoms with van der Waals surface area (Å²) in [4.78, 5) is 40.8. The van der Waals surface area contributed by atoms with Gasteiger partial charge in [0, 0.05) is 30.0 Å². The van der Waals surface area contributed by atoms with Crippen molar-refractivity contribution >= 4 is 39.9 Å². The highest BCUT2D eigenvalue weighted by Gasteiger charge is 2.42. The van der Waals surface area contributed by atoms with Crippen molar-refractivity contribution in [2.45, 2.75) is 25.9 Å². The van der Waals surface area contributed by atoms with Gasteiger partial charge in [0.1, 0.15) is 0 Å². The Labute approximate surface area is 177 Å². The summed E-state index contributed by atoms with van der Waals surface area (Å²) in [6.45, 7) is 3.05. The van der Waals surface area contributed by atoms with E-state index in [0.717, 1.165) is 11.1 Å². The van der Waals surface area contributed by atoms with Gasteiger partial charge in [-0.3, -0.25) is 14.9 Å². The smallest absolute Gasteiger partial charge is 0.339 e. The molecule has 7 nitrogen and oxygen atoms in total. The maximum absolute atomic E-state index is 12.9. The minimum atomic E-state index is -1.31. The van der Waals surface area contributed by atoms with Crippen molar-refractivity contribution in [3.05, 3.63) is 65.0 Å². The average Bonchev–Trinajstić information content (AvgIpc) is 3.16. The molecule has 1 aliphatic rings. The second kappa shape index (κ2) is 7.72. The fourth-order valence-corrected chi connectivity index (χ4v) is 3.99. The van der Waals surface area contributed by atoms with Crippen molar-refractivity contribution < 1.29 is 19.1 Å². The van der Waals surface area contributed by atoms with Crippen LogP contribution in [0.15, 0.2) is 53.9 Å². The Morgan fingerprint density at radius 2 is 1.83 bits per heavy atom. The standard InChI is InChI=1S/C22H19N3O4S/c1-13(26)23-16-9-7-14(8-10-16)18-12-30-21(24-18)25-20(28)22(2)11-15-5-3-4-6-17(15)19(27)29-22/h3-10,12H,11H2,1-2H3,(H,23,26)(H,24,25,28)/t22-/m0/s1. The number of carbonyl (C=O) groups is 3. The number of aromatic nitrogens is 1. The Hall–Kier alpha value is -3.52. The van der Waals surface area contributed by atoms with E-state index in [0.29, 0.717) is 28.5 Å². The lowest BCUT2D eigenvalue weighted by atomic mass is 9.89. The Kier molecular flexibility index (Phi) is 5.09. The summed E-state index contributed by atoms with van der Waals surface area (Å²) in [5.74, 6) is -1.07. The van der Waals surface area contributed by atoms with Gasteiger partial charge in [-0.15, -0.1) is 11.3 Å². The molecule has 0 unspecified atom stereocenters. The van der Waals surface area contributed by atoms with Gasteiger partial charge in [0.05, 0.1) is 11.3 Å². The third-order valence-corrected chi connectivity index (χ3v) is 5.55. The van der Waals surface area contributed by atoms with E-state index in [9.17, 15) is 14.4 Å². The van der Waals surface area contributed by atoms with E-state index in [1.807, 2.05) is 29.6 Å². The molecule has 2 aromatic carbocycles. The summed E-state index contributed by atoms with van der Waals surface area (Å²) in [5, 5.41) is 7.72. The van der Waals surface area contributed by atoms with Gasteiger partial charge in [-0.05, 0) is 30.7 Å². The molecule has 2 N–H and O–H groups in total. The molecule has 0 spiro atoms. The van der Waals surface area contributed by atoms with Crippen LogP contribution in [0.1, 0.15) is 29.8 Å². The van der Waals surface area contributed by atoms with E-state index in [-0.39, 0.29) is 5.91 Å². The quantitative estimate of drug-likeness (QED) is 0.623. The van der Waals surface area contributed by atoms with Crippen LogP contribution < -0.4 is 10.6 Å². The summed E-state index contributed by atoms with van der Waals surface area (Å²) in [6.07, 6.45) is 0.295. The van der Waals surface area contributed by atoms with Crippen LogP contribution in [0.3, 0.4) is 0 Å². The van der Waals surface area contributed by atoms with E-state index in [1.165, 1.54) is 18.3 Å². The first-order chi connectivity index (χ1) is 14.3. The molecular formula is C22H19N3O4S. The minimum Gasteiger partial charge on any atom is -0.445 e. The van der Waals surface area contributed by atoms with E-state index in [4.69, 9.17) is 4.74 Å². The number of carbonyl (C=O) groups excluding carboxylic acids is 3. The Morgan fingerprint density at radius 1 is 1.10 bits per heavy atom. The molecule has 0 saturated heterocycles. The number of esters is 1. The molecule has 2 amide bonds. The van der Waals surface area contributed by atoms with E-state index >= 15 is 0 Å². The van der Waals surface area contributed by atoms with Crippen LogP contribution in [0, 0.1) is 0 Å². The molecule has 0 radical (unpaired) electrons.